The normalized spacial score (nSPS) is 13.9. The number of para-hydroxylation sites is 1. The summed E-state index contributed by atoms with van der Waals surface area (Å²) in [6.45, 7) is 4.26. The van der Waals surface area contributed by atoms with Crippen molar-refractivity contribution in [2.75, 3.05) is 13.1 Å². The molecule has 0 unspecified atom stereocenters. The minimum Gasteiger partial charge on any atom is -0.361 e. The van der Waals surface area contributed by atoms with E-state index in [-0.39, 0.29) is 24.3 Å². The fourth-order valence-corrected chi connectivity index (χ4v) is 4.71. The largest absolute Gasteiger partial charge is 0.361 e. The van der Waals surface area contributed by atoms with E-state index in [9.17, 15) is 9.59 Å². The van der Waals surface area contributed by atoms with Gasteiger partial charge in [-0.3, -0.25) is 14.5 Å². The van der Waals surface area contributed by atoms with Gasteiger partial charge in [-0.05, 0) is 29.3 Å². The van der Waals surface area contributed by atoms with Crippen molar-refractivity contribution in [1.82, 2.24) is 15.2 Å². The molecular formula is C27H22ClN3O2. The number of carbonyl (C=O) groups is 2. The Hall–Kier alpha value is -3.83. The second-order valence-corrected chi connectivity index (χ2v) is 8.46. The van der Waals surface area contributed by atoms with Gasteiger partial charge in [-0.1, -0.05) is 72.8 Å². The zero-order valence-electron chi connectivity index (χ0n) is 17.8. The standard InChI is InChI=1S/C27H22ClN3O2/c1-17-18-8-2-3-11-21(18)27(33)31(17)16-26(32)30-15-22(19-9-4-6-12-24(19)28)23-14-29-25-13-7-5-10-20(23)25/h2-14,22,29H,1,15-16H2,(H,30,32)/t22-/m1/s1. The fraction of sp³-hybridized carbons (Fsp3) is 0.111. The predicted molar refractivity (Wildman–Crippen MR) is 131 cm³/mol. The van der Waals surface area contributed by atoms with E-state index in [0.29, 0.717) is 22.8 Å². The lowest BCUT2D eigenvalue weighted by molar-refractivity contribution is -0.121. The van der Waals surface area contributed by atoms with Crippen molar-refractivity contribution in [2.24, 2.45) is 0 Å². The Labute approximate surface area is 196 Å². The molecule has 0 spiro atoms. The van der Waals surface area contributed by atoms with Crippen LogP contribution in [0, 0.1) is 0 Å². The second-order valence-electron chi connectivity index (χ2n) is 8.05. The van der Waals surface area contributed by atoms with Gasteiger partial charge in [-0.15, -0.1) is 0 Å². The van der Waals surface area contributed by atoms with Crippen LogP contribution in [-0.4, -0.2) is 34.8 Å². The number of H-pyrrole nitrogens is 1. The maximum atomic E-state index is 12.9. The summed E-state index contributed by atoms with van der Waals surface area (Å²) in [7, 11) is 0. The number of carbonyl (C=O) groups excluding carboxylic acids is 2. The molecule has 1 atom stereocenters. The quantitative estimate of drug-likeness (QED) is 0.420. The highest BCUT2D eigenvalue weighted by Crippen LogP contribution is 2.34. The summed E-state index contributed by atoms with van der Waals surface area (Å²) >= 11 is 6.54. The van der Waals surface area contributed by atoms with E-state index in [1.807, 2.05) is 66.9 Å². The summed E-state index contributed by atoms with van der Waals surface area (Å²) < 4.78 is 0. The highest BCUT2D eigenvalue weighted by atomic mass is 35.5. The average Bonchev–Trinajstić information content (AvgIpc) is 3.36. The number of aromatic amines is 1. The topological polar surface area (TPSA) is 65.2 Å². The van der Waals surface area contributed by atoms with Crippen molar-refractivity contribution in [3.63, 3.8) is 0 Å². The van der Waals surface area contributed by atoms with E-state index in [2.05, 4.69) is 22.9 Å². The SMILES string of the molecule is C=C1c2ccccc2C(=O)N1CC(=O)NC[C@H](c1ccccc1Cl)c1c[nH]c2ccccc12. The summed E-state index contributed by atoms with van der Waals surface area (Å²) in [5.41, 5.74) is 4.88. The van der Waals surface area contributed by atoms with Crippen molar-refractivity contribution in [1.29, 1.82) is 0 Å². The van der Waals surface area contributed by atoms with Crippen molar-refractivity contribution >= 4 is 40.0 Å². The van der Waals surface area contributed by atoms with Gasteiger partial charge in [-0.25, -0.2) is 0 Å². The number of hydrogen-bond acceptors (Lipinski definition) is 2. The molecule has 5 nitrogen and oxygen atoms in total. The van der Waals surface area contributed by atoms with Gasteiger partial charge in [0.1, 0.15) is 6.54 Å². The van der Waals surface area contributed by atoms with Gasteiger partial charge < -0.3 is 10.3 Å². The van der Waals surface area contributed by atoms with Gasteiger partial charge in [0, 0.05) is 51.4 Å². The first kappa shape index (κ1) is 21.0. The molecule has 33 heavy (non-hydrogen) atoms. The Balaban J connectivity index is 1.37. The summed E-state index contributed by atoms with van der Waals surface area (Å²) in [6.07, 6.45) is 1.97. The van der Waals surface area contributed by atoms with Gasteiger partial charge in [0.2, 0.25) is 5.91 Å². The van der Waals surface area contributed by atoms with Crippen LogP contribution >= 0.6 is 11.6 Å². The maximum absolute atomic E-state index is 12.9. The van der Waals surface area contributed by atoms with Crippen LogP contribution in [0.2, 0.25) is 5.02 Å². The molecule has 0 saturated carbocycles. The van der Waals surface area contributed by atoms with Gasteiger partial charge in [0.05, 0.1) is 0 Å². The second kappa shape index (κ2) is 8.60. The maximum Gasteiger partial charge on any atom is 0.259 e. The first-order valence-corrected chi connectivity index (χ1v) is 11.1. The smallest absolute Gasteiger partial charge is 0.259 e. The third-order valence-corrected chi connectivity index (χ3v) is 6.47. The number of fused-ring (bicyclic) bond motifs is 2. The number of aromatic nitrogens is 1. The minimum absolute atomic E-state index is 0.0878. The van der Waals surface area contributed by atoms with Crippen molar-refractivity contribution < 1.29 is 9.59 Å². The van der Waals surface area contributed by atoms with E-state index < -0.39 is 0 Å². The lowest BCUT2D eigenvalue weighted by Gasteiger charge is -2.21. The molecule has 1 aliphatic rings. The van der Waals surface area contributed by atoms with E-state index in [1.165, 1.54) is 4.90 Å². The Morgan fingerprint density at radius 2 is 1.67 bits per heavy atom. The van der Waals surface area contributed by atoms with Crippen LogP contribution in [0.3, 0.4) is 0 Å². The number of amides is 2. The lowest BCUT2D eigenvalue weighted by Crippen LogP contribution is -2.38. The molecular weight excluding hydrogens is 434 g/mol. The molecule has 164 valence electrons. The number of rotatable bonds is 6. The van der Waals surface area contributed by atoms with Crippen molar-refractivity contribution in [3.8, 4) is 0 Å². The van der Waals surface area contributed by atoms with Gasteiger partial charge in [0.25, 0.3) is 5.91 Å². The van der Waals surface area contributed by atoms with E-state index in [0.717, 1.165) is 27.6 Å². The van der Waals surface area contributed by atoms with Crippen LogP contribution < -0.4 is 5.32 Å². The molecule has 0 fully saturated rings. The zero-order valence-corrected chi connectivity index (χ0v) is 18.6. The highest BCUT2D eigenvalue weighted by molar-refractivity contribution is 6.31. The molecule has 1 aliphatic heterocycles. The molecule has 2 heterocycles. The Morgan fingerprint density at radius 1 is 0.970 bits per heavy atom. The molecule has 4 aromatic rings. The number of nitrogens with one attached hydrogen (secondary N) is 2. The molecule has 2 N–H and O–H groups in total. The minimum atomic E-state index is -0.255. The number of hydrogen-bond donors (Lipinski definition) is 2. The number of halogens is 1. The Morgan fingerprint density at radius 3 is 2.45 bits per heavy atom. The molecule has 6 heteroatoms. The number of nitrogens with zero attached hydrogens (tertiary/aromatic N) is 1. The summed E-state index contributed by atoms with van der Waals surface area (Å²) in [4.78, 5) is 30.4. The zero-order chi connectivity index (χ0) is 22.9. The van der Waals surface area contributed by atoms with Crippen LogP contribution in [0.5, 0.6) is 0 Å². The van der Waals surface area contributed by atoms with Crippen LogP contribution in [-0.2, 0) is 4.79 Å². The van der Waals surface area contributed by atoms with Gasteiger partial charge in [0.15, 0.2) is 0 Å². The summed E-state index contributed by atoms with van der Waals surface area (Å²) in [5.74, 6) is -0.618. The van der Waals surface area contributed by atoms with Crippen LogP contribution in [0.15, 0.2) is 85.6 Å². The monoisotopic (exact) mass is 455 g/mol. The van der Waals surface area contributed by atoms with E-state index in [1.54, 1.807) is 6.07 Å². The average molecular weight is 456 g/mol. The first-order valence-electron chi connectivity index (χ1n) is 10.7. The molecule has 3 aromatic carbocycles. The molecule has 2 amide bonds. The van der Waals surface area contributed by atoms with E-state index in [4.69, 9.17) is 11.6 Å². The van der Waals surface area contributed by atoms with Gasteiger partial charge in [-0.2, -0.15) is 0 Å². The van der Waals surface area contributed by atoms with Crippen LogP contribution in [0.25, 0.3) is 16.6 Å². The van der Waals surface area contributed by atoms with Crippen molar-refractivity contribution in [3.05, 3.63) is 113 Å². The van der Waals surface area contributed by atoms with Crippen LogP contribution in [0.1, 0.15) is 33.0 Å². The molecule has 1 aromatic heterocycles. The van der Waals surface area contributed by atoms with Crippen molar-refractivity contribution in [2.45, 2.75) is 5.92 Å². The predicted octanol–water partition coefficient (Wildman–Crippen LogP) is 5.20. The van der Waals surface area contributed by atoms with E-state index >= 15 is 0 Å². The fourth-order valence-electron chi connectivity index (χ4n) is 4.44. The third-order valence-electron chi connectivity index (χ3n) is 6.12. The highest BCUT2D eigenvalue weighted by Gasteiger charge is 2.32. The first-order chi connectivity index (χ1) is 16.0. The molecule has 0 aliphatic carbocycles. The Kier molecular flexibility index (Phi) is 5.48. The Bertz CT molecular complexity index is 1360. The summed E-state index contributed by atoms with van der Waals surface area (Å²) in [6, 6.07) is 23.0. The summed E-state index contributed by atoms with van der Waals surface area (Å²) in [5, 5.41) is 4.73. The lowest BCUT2D eigenvalue weighted by atomic mass is 9.90. The molecule has 5 rings (SSSR count). The third kappa shape index (κ3) is 3.81. The van der Waals surface area contributed by atoms with Gasteiger partial charge >= 0.3 is 0 Å². The molecule has 0 bridgehead atoms. The van der Waals surface area contributed by atoms with Crippen LogP contribution in [0.4, 0.5) is 0 Å². The number of benzene rings is 3. The molecule has 0 saturated heterocycles. The molecule has 0 radical (unpaired) electrons.